The number of benzene rings is 1. The summed E-state index contributed by atoms with van der Waals surface area (Å²) in [4.78, 5) is 20.0. The topological polar surface area (TPSA) is 42.4 Å². The van der Waals surface area contributed by atoms with Crippen LogP contribution in [0.1, 0.15) is 29.6 Å². The fourth-order valence-corrected chi connectivity index (χ4v) is 4.28. The smallest absolute Gasteiger partial charge is 0.180 e. The first-order valence-electron chi connectivity index (χ1n) is 8.56. The standard InChI is InChI=1S/C20H22N2O2/c1-3-14-10-13-7-9-22(14)19(11-13)20(23)16-6-8-21-18-5-4-15(24-2)12-17(16)18/h3-6,8,12-14,19H,1,7,9-11H2,2H3/t13-,14-,19+/m0/s1. The number of methoxy groups -OCH3 is 1. The summed E-state index contributed by atoms with van der Waals surface area (Å²) in [7, 11) is 1.64. The van der Waals surface area contributed by atoms with Gasteiger partial charge in [-0.1, -0.05) is 6.08 Å². The molecule has 0 radical (unpaired) electrons. The zero-order valence-corrected chi connectivity index (χ0v) is 13.9. The van der Waals surface area contributed by atoms with E-state index in [1.165, 1.54) is 6.42 Å². The average molecular weight is 322 g/mol. The molecule has 124 valence electrons. The van der Waals surface area contributed by atoms with Crippen LogP contribution >= 0.6 is 0 Å². The number of hydrogen-bond acceptors (Lipinski definition) is 4. The summed E-state index contributed by atoms with van der Waals surface area (Å²) in [6.07, 6.45) is 7.01. The van der Waals surface area contributed by atoms with E-state index in [0.29, 0.717) is 12.0 Å². The van der Waals surface area contributed by atoms with Gasteiger partial charge in [-0.2, -0.15) is 0 Å². The van der Waals surface area contributed by atoms with Crippen LogP contribution in [0.15, 0.2) is 43.1 Å². The maximum Gasteiger partial charge on any atom is 0.180 e. The lowest BCUT2D eigenvalue weighted by atomic mass is 9.76. The quantitative estimate of drug-likeness (QED) is 0.638. The molecule has 3 aliphatic heterocycles. The minimum absolute atomic E-state index is 0.0442. The molecule has 2 aromatic rings. The van der Waals surface area contributed by atoms with Gasteiger partial charge in [0.25, 0.3) is 0 Å². The first-order valence-corrected chi connectivity index (χ1v) is 8.56. The summed E-state index contributed by atoms with van der Waals surface area (Å²) >= 11 is 0. The lowest BCUT2D eigenvalue weighted by molar-refractivity contribution is 0.0189. The molecule has 1 aromatic carbocycles. The van der Waals surface area contributed by atoms with Crippen molar-refractivity contribution in [2.75, 3.05) is 13.7 Å². The maximum absolute atomic E-state index is 13.3. The highest BCUT2D eigenvalue weighted by molar-refractivity contribution is 6.10. The predicted molar refractivity (Wildman–Crippen MR) is 94.4 cm³/mol. The molecule has 24 heavy (non-hydrogen) atoms. The Balaban J connectivity index is 1.74. The van der Waals surface area contributed by atoms with Crippen LogP contribution in [0.4, 0.5) is 0 Å². The van der Waals surface area contributed by atoms with E-state index in [4.69, 9.17) is 4.74 Å². The third kappa shape index (κ3) is 2.42. The number of carbonyl (C=O) groups is 1. The predicted octanol–water partition coefficient (Wildman–Crippen LogP) is 3.47. The van der Waals surface area contributed by atoms with Crippen molar-refractivity contribution in [3.8, 4) is 5.75 Å². The Bertz CT molecular complexity index is 801. The van der Waals surface area contributed by atoms with E-state index in [-0.39, 0.29) is 11.8 Å². The molecule has 4 nitrogen and oxygen atoms in total. The van der Waals surface area contributed by atoms with Gasteiger partial charge in [-0.25, -0.2) is 0 Å². The summed E-state index contributed by atoms with van der Waals surface area (Å²) in [5.74, 6) is 1.58. The van der Waals surface area contributed by atoms with E-state index in [0.717, 1.165) is 41.6 Å². The van der Waals surface area contributed by atoms with Gasteiger partial charge in [0.15, 0.2) is 5.78 Å². The van der Waals surface area contributed by atoms with Gasteiger partial charge < -0.3 is 4.74 Å². The van der Waals surface area contributed by atoms with E-state index >= 15 is 0 Å². The summed E-state index contributed by atoms with van der Waals surface area (Å²) in [6.45, 7) is 4.95. The number of pyridine rings is 1. The minimum Gasteiger partial charge on any atom is -0.497 e. The molecule has 3 saturated heterocycles. The number of Topliss-reactive ketones (excluding diaryl/α,β-unsaturated/α-hetero) is 1. The molecule has 0 N–H and O–H groups in total. The Kier molecular flexibility index (Phi) is 3.85. The second-order valence-electron chi connectivity index (χ2n) is 6.79. The van der Waals surface area contributed by atoms with Crippen molar-refractivity contribution >= 4 is 16.7 Å². The highest BCUT2D eigenvalue weighted by Gasteiger charge is 2.42. The second-order valence-corrected chi connectivity index (χ2v) is 6.79. The number of ketones is 1. The molecule has 0 saturated carbocycles. The van der Waals surface area contributed by atoms with Crippen molar-refractivity contribution in [3.05, 3.63) is 48.7 Å². The van der Waals surface area contributed by atoms with Gasteiger partial charge in [0.05, 0.1) is 18.7 Å². The molecule has 3 aliphatic rings. The summed E-state index contributed by atoms with van der Waals surface area (Å²) < 4.78 is 5.32. The number of ether oxygens (including phenoxy) is 1. The third-order valence-corrected chi connectivity index (χ3v) is 5.54. The Morgan fingerprint density at radius 1 is 1.38 bits per heavy atom. The lowest BCUT2D eigenvalue weighted by Crippen LogP contribution is -2.56. The van der Waals surface area contributed by atoms with Crippen molar-refractivity contribution in [3.63, 3.8) is 0 Å². The van der Waals surface area contributed by atoms with Gasteiger partial charge >= 0.3 is 0 Å². The van der Waals surface area contributed by atoms with Crippen LogP contribution in [-0.4, -0.2) is 41.4 Å². The van der Waals surface area contributed by atoms with Crippen LogP contribution in [0.25, 0.3) is 10.9 Å². The summed E-state index contributed by atoms with van der Waals surface area (Å²) in [6, 6.07) is 7.83. The zero-order valence-electron chi connectivity index (χ0n) is 13.9. The lowest BCUT2D eigenvalue weighted by Gasteiger charge is -2.49. The van der Waals surface area contributed by atoms with Crippen LogP contribution in [-0.2, 0) is 0 Å². The van der Waals surface area contributed by atoms with Crippen molar-refractivity contribution in [2.45, 2.75) is 31.3 Å². The maximum atomic E-state index is 13.3. The van der Waals surface area contributed by atoms with Gasteiger partial charge in [0.2, 0.25) is 0 Å². The number of rotatable bonds is 4. The average Bonchev–Trinajstić information content (AvgIpc) is 2.66. The number of fused-ring (bicyclic) bond motifs is 4. The zero-order chi connectivity index (χ0) is 16.7. The Morgan fingerprint density at radius 2 is 2.25 bits per heavy atom. The molecule has 4 heteroatoms. The molecule has 0 aliphatic carbocycles. The number of piperidine rings is 3. The number of nitrogens with zero attached hydrogens (tertiary/aromatic N) is 2. The summed E-state index contributed by atoms with van der Waals surface area (Å²) in [5.41, 5.74) is 1.58. The molecular formula is C20H22N2O2. The third-order valence-electron chi connectivity index (χ3n) is 5.54. The van der Waals surface area contributed by atoms with Crippen molar-refractivity contribution in [1.82, 2.24) is 9.88 Å². The fourth-order valence-electron chi connectivity index (χ4n) is 4.28. The number of hydrogen-bond donors (Lipinski definition) is 0. The molecule has 1 aromatic heterocycles. The minimum atomic E-state index is -0.0442. The first-order chi connectivity index (χ1) is 11.7. The van der Waals surface area contributed by atoms with E-state index in [2.05, 4.69) is 16.5 Å². The first kappa shape index (κ1) is 15.3. The van der Waals surface area contributed by atoms with Crippen LogP contribution in [0.3, 0.4) is 0 Å². The molecular weight excluding hydrogens is 300 g/mol. The fraction of sp³-hybridized carbons (Fsp3) is 0.400. The van der Waals surface area contributed by atoms with Crippen LogP contribution in [0.5, 0.6) is 5.75 Å². The molecule has 5 rings (SSSR count). The van der Waals surface area contributed by atoms with Crippen LogP contribution in [0.2, 0.25) is 0 Å². The number of aromatic nitrogens is 1. The molecule has 4 atom stereocenters. The SMILES string of the molecule is C=C[C@H]1C[C@@H]2CCN1[C@@H](C(=O)c1ccnc3ccc(OC)cc13)C2. The number of carbonyl (C=O) groups excluding carboxylic acids is 1. The van der Waals surface area contributed by atoms with E-state index in [1.54, 1.807) is 13.3 Å². The highest BCUT2D eigenvalue weighted by Crippen LogP contribution is 2.38. The van der Waals surface area contributed by atoms with Crippen molar-refractivity contribution in [2.24, 2.45) is 5.92 Å². The van der Waals surface area contributed by atoms with Crippen molar-refractivity contribution in [1.29, 1.82) is 0 Å². The largest absolute Gasteiger partial charge is 0.497 e. The molecule has 0 spiro atoms. The summed E-state index contributed by atoms with van der Waals surface area (Å²) in [5, 5.41) is 0.875. The van der Waals surface area contributed by atoms with Crippen LogP contribution in [0, 0.1) is 5.92 Å². The Labute approximate surface area is 142 Å². The Morgan fingerprint density at radius 3 is 3.00 bits per heavy atom. The van der Waals surface area contributed by atoms with Gasteiger partial charge in [0, 0.05) is 23.2 Å². The second kappa shape index (κ2) is 6.02. The molecule has 0 amide bonds. The van der Waals surface area contributed by atoms with Crippen LogP contribution < -0.4 is 4.74 Å². The van der Waals surface area contributed by atoms with E-state index in [1.807, 2.05) is 30.3 Å². The van der Waals surface area contributed by atoms with Gasteiger partial charge in [-0.15, -0.1) is 6.58 Å². The van der Waals surface area contributed by atoms with Gasteiger partial charge in [-0.05, 0) is 56.0 Å². The normalized spacial score (nSPS) is 28.7. The molecule has 2 bridgehead atoms. The van der Waals surface area contributed by atoms with Gasteiger partial charge in [-0.3, -0.25) is 14.7 Å². The van der Waals surface area contributed by atoms with Crippen molar-refractivity contribution < 1.29 is 9.53 Å². The highest BCUT2D eigenvalue weighted by atomic mass is 16.5. The Hall–Kier alpha value is -2.20. The molecule has 3 fully saturated rings. The van der Waals surface area contributed by atoms with E-state index < -0.39 is 0 Å². The van der Waals surface area contributed by atoms with E-state index in [9.17, 15) is 4.79 Å². The van der Waals surface area contributed by atoms with Gasteiger partial charge in [0.1, 0.15) is 5.75 Å². The molecule has 4 heterocycles. The monoisotopic (exact) mass is 322 g/mol. The molecule has 1 unspecified atom stereocenters.